The number of furan rings is 2. The number of fused-ring (bicyclic) bond motifs is 6. The van der Waals surface area contributed by atoms with E-state index in [1.54, 1.807) is 0 Å². The zero-order chi connectivity index (χ0) is 34.4. The van der Waals surface area contributed by atoms with Gasteiger partial charge in [-0.15, -0.1) is 0 Å². The topological polar surface area (TPSA) is 32.8 Å². The maximum atomic E-state index is 6.69. The van der Waals surface area contributed by atoms with Crippen LogP contribution in [0, 0.1) is 0 Å². The van der Waals surface area contributed by atoms with E-state index in [-0.39, 0.29) is 0 Å². The van der Waals surface area contributed by atoms with Crippen molar-refractivity contribution in [3.63, 3.8) is 0 Å². The summed E-state index contributed by atoms with van der Waals surface area (Å²) >= 11 is 0. The summed E-state index contributed by atoms with van der Waals surface area (Å²) in [4.78, 5) is 4.57. The molecule has 0 bridgehead atoms. The van der Waals surface area contributed by atoms with E-state index in [2.05, 4.69) is 174 Å². The second kappa shape index (κ2) is 12.4. The van der Waals surface area contributed by atoms with E-state index >= 15 is 0 Å². The van der Waals surface area contributed by atoms with Crippen molar-refractivity contribution in [2.75, 3.05) is 9.80 Å². The summed E-state index contributed by atoms with van der Waals surface area (Å²) in [6, 6.07) is 67.7. The molecule has 4 heteroatoms. The number of nitrogens with zero attached hydrogens (tertiary/aromatic N) is 2. The number of anilines is 6. The van der Waals surface area contributed by atoms with Crippen molar-refractivity contribution in [3.05, 3.63) is 194 Å². The Morgan fingerprint density at radius 3 is 1.48 bits per heavy atom. The zero-order valence-electron chi connectivity index (χ0n) is 28.2. The molecule has 2 aromatic heterocycles. The second-order valence-electron chi connectivity index (χ2n) is 13.0. The van der Waals surface area contributed by atoms with Gasteiger partial charge >= 0.3 is 0 Å². The monoisotopic (exact) mass is 668 g/mol. The predicted molar refractivity (Wildman–Crippen MR) is 216 cm³/mol. The van der Waals surface area contributed by atoms with Crippen LogP contribution in [0.25, 0.3) is 55.0 Å². The summed E-state index contributed by atoms with van der Waals surface area (Å²) in [5.41, 5.74) is 12.0. The number of para-hydroxylation sites is 3. The van der Waals surface area contributed by atoms with E-state index in [0.29, 0.717) is 0 Å². The minimum atomic E-state index is 0.823. The lowest BCUT2D eigenvalue weighted by molar-refractivity contribution is 0.669. The standard InChI is InChI=1S/C48H32N2O2/c1-4-13-33(14-5-1)34-23-25-37(26-24-34)50(39-27-29-41-40-19-10-11-21-44(40)51-46(41)32-39)43-20-12-22-45-48(43)42-30-28-38(31-47(42)52-45)49(35-15-6-2-7-16-35)36-17-8-3-9-18-36/h1-32H. The van der Waals surface area contributed by atoms with Crippen LogP contribution in [-0.4, -0.2) is 0 Å². The molecule has 0 radical (unpaired) electrons. The van der Waals surface area contributed by atoms with Crippen LogP contribution in [-0.2, 0) is 0 Å². The van der Waals surface area contributed by atoms with E-state index in [9.17, 15) is 0 Å². The molecule has 0 saturated heterocycles. The second-order valence-corrected chi connectivity index (χ2v) is 13.0. The van der Waals surface area contributed by atoms with Gasteiger partial charge in [0.05, 0.1) is 11.1 Å². The third-order valence-corrected chi connectivity index (χ3v) is 9.84. The molecule has 0 atom stereocenters. The van der Waals surface area contributed by atoms with Crippen LogP contribution in [0.15, 0.2) is 203 Å². The average Bonchev–Trinajstić information content (AvgIpc) is 3.78. The summed E-state index contributed by atoms with van der Waals surface area (Å²) in [5.74, 6) is 0. The molecule has 0 saturated carbocycles. The molecule has 0 amide bonds. The Balaban J connectivity index is 1.16. The van der Waals surface area contributed by atoms with Gasteiger partial charge in [0, 0.05) is 56.7 Å². The first-order valence-electron chi connectivity index (χ1n) is 17.5. The van der Waals surface area contributed by atoms with Crippen molar-refractivity contribution in [1.29, 1.82) is 0 Å². The fourth-order valence-corrected chi connectivity index (χ4v) is 7.44. The fraction of sp³-hybridized carbons (Fsp3) is 0. The van der Waals surface area contributed by atoms with Crippen molar-refractivity contribution in [1.82, 2.24) is 0 Å². The Labute approximate surface area is 301 Å². The molecule has 0 aliphatic rings. The molecule has 4 nitrogen and oxygen atoms in total. The van der Waals surface area contributed by atoms with E-state index in [1.165, 1.54) is 5.56 Å². The van der Waals surface area contributed by atoms with Crippen LogP contribution >= 0.6 is 0 Å². The van der Waals surface area contributed by atoms with Gasteiger partial charge in [-0.3, -0.25) is 0 Å². The predicted octanol–water partition coefficient (Wildman–Crippen LogP) is 14.1. The molecule has 246 valence electrons. The quantitative estimate of drug-likeness (QED) is 0.169. The van der Waals surface area contributed by atoms with E-state index in [1.807, 2.05) is 30.3 Å². The van der Waals surface area contributed by atoms with Crippen molar-refractivity contribution in [3.8, 4) is 11.1 Å². The Bertz CT molecular complexity index is 2800. The summed E-state index contributed by atoms with van der Waals surface area (Å²) < 4.78 is 13.1. The minimum Gasteiger partial charge on any atom is -0.456 e. The molecule has 0 unspecified atom stereocenters. The van der Waals surface area contributed by atoms with Crippen LogP contribution in [0.1, 0.15) is 0 Å². The van der Waals surface area contributed by atoms with E-state index < -0.39 is 0 Å². The lowest BCUT2D eigenvalue weighted by atomic mass is 10.0. The van der Waals surface area contributed by atoms with E-state index in [4.69, 9.17) is 8.83 Å². The summed E-state index contributed by atoms with van der Waals surface area (Å²) in [6.45, 7) is 0. The molecule has 0 spiro atoms. The Morgan fingerprint density at radius 1 is 0.288 bits per heavy atom. The molecule has 0 fully saturated rings. The highest BCUT2D eigenvalue weighted by molar-refractivity contribution is 6.14. The fourth-order valence-electron chi connectivity index (χ4n) is 7.44. The van der Waals surface area contributed by atoms with Crippen LogP contribution in [0.4, 0.5) is 34.1 Å². The number of benzene rings is 8. The first-order chi connectivity index (χ1) is 25.8. The normalized spacial score (nSPS) is 11.5. The molecule has 8 aromatic carbocycles. The lowest BCUT2D eigenvalue weighted by Gasteiger charge is -2.26. The SMILES string of the molecule is c1ccc(-c2ccc(N(c3ccc4c(c3)oc3ccccc34)c3cccc4oc5cc(N(c6ccccc6)c6ccccc6)ccc5c34)cc2)cc1. The number of hydrogen-bond donors (Lipinski definition) is 0. The van der Waals surface area contributed by atoms with Gasteiger partial charge in [0.1, 0.15) is 22.3 Å². The Morgan fingerprint density at radius 2 is 0.769 bits per heavy atom. The molecule has 10 aromatic rings. The largest absolute Gasteiger partial charge is 0.456 e. The van der Waals surface area contributed by atoms with Gasteiger partial charge < -0.3 is 18.6 Å². The third kappa shape index (κ3) is 5.09. The van der Waals surface area contributed by atoms with Crippen molar-refractivity contribution in [2.45, 2.75) is 0 Å². The lowest BCUT2D eigenvalue weighted by Crippen LogP contribution is -2.10. The van der Waals surface area contributed by atoms with Crippen LogP contribution in [0.2, 0.25) is 0 Å². The maximum Gasteiger partial charge on any atom is 0.137 e. The molecule has 52 heavy (non-hydrogen) atoms. The molecular weight excluding hydrogens is 637 g/mol. The highest BCUT2D eigenvalue weighted by atomic mass is 16.3. The molecule has 2 heterocycles. The van der Waals surface area contributed by atoms with E-state index in [0.717, 1.165) is 83.6 Å². The van der Waals surface area contributed by atoms with Gasteiger partial charge in [0.2, 0.25) is 0 Å². The van der Waals surface area contributed by atoms with Crippen LogP contribution < -0.4 is 9.80 Å². The average molecular weight is 669 g/mol. The van der Waals surface area contributed by atoms with Crippen molar-refractivity contribution in [2.24, 2.45) is 0 Å². The van der Waals surface area contributed by atoms with Crippen LogP contribution in [0.5, 0.6) is 0 Å². The first kappa shape index (κ1) is 29.8. The van der Waals surface area contributed by atoms with Crippen molar-refractivity contribution < 1.29 is 8.83 Å². The van der Waals surface area contributed by atoms with Gasteiger partial charge in [0.15, 0.2) is 0 Å². The van der Waals surface area contributed by atoms with Crippen molar-refractivity contribution >= 4 is 78.0 Å². The van der Waals surface area contributed by atoms with Gasteiger partial charge in [0.25, 0.3) is 0 Å². The Hall–Kier alpha value is -7.04. The van der Waals surface area contributed by atoms with Gasteiger partial charge in [-0.05, 0) is 90.0 Å². The third-order valence-electron chi connectivity index (χ3n) is 9.84. The summed E-state index contributed by atoms with van der Waals surface area (Å²) in [5, 5.41) is 4.30. The molecule has 0 N–H and O–H groups in total. The minimum absolute atomic E-state index is 0.823. The number of rotatable bonds is 7. The summed E-state index contributed by atoms with van der Waals surface area (Å²) in [7, 11) is 0. The molecule has 10 rings (SSSR count). The van der Waals surface area contributed by atoms with Gasteiger partial charge in [-0.1, -0.05) is 103 Å². The first-order valence-corrected chi connectivity index (χ1v) is 17.5. The molecular formula is C48H32N2O2. The zero-order valence-corrected chi connectivity index (χ0v) is 28.2. The molecule has 0 aliphatic carbocycles. The molecule has 0 aliphatic heterocycles. The smallest absolute Gasteiger partial charge is 0.137 e. The highest BCUT2D eigenvalue weighted by Crippen LogP contribution is 2.46. The number of hydrogen-bond acceptors (Lipinski definition) is 4. The van der Waals surface area contributed by atoms with Gasteiger partial charge in [-0.2, -0.15) is 0 Å². The highest BCUT2D eigenvalue weighted by Gasteiger charge is 2.22. The Kier molecular flexibility index (Phi) is 7.10. The maximum absolute atomic E-state index is 6.69. The summed E-state index contributed by atoms with van der Waals surface area (Å²) in [6.07, 6.45) is 0. The van der Waals surface area contributed by atoms with Crippen LogP contribution in [0.3, 0.4) is 0 Å². The van der Waals surface area contributed by atoms with Gasteiger partial charge in [-0.25, -0.2) is 0 Å².